The number of nitrogens with one attached hydrogen (secondary N) is 1. The van der Waals surface area contributed by atoms with Crippen LogP contribution in [0.4, 0.5) is 5.69 Å². The van der Waals surface area contributed by atoms with Crippen molar-refractivity contribution in [3.8, 4) is 5.75 Å². The molecular weight excluding hydrogens is 418 g/mol. The number of carbonyl (C=O) groups excluding carboxylic acids is 3. The molecule has 0 aliphatic carbocycles. The molecule has 2 atom stereocenters. The van der Waals surface area contributed by atoms with Gasteiger partial charge in [0.15, 0.2) is 11.9 Å². The Kier molecular flexibility index (Phi) is 7.27. The third-order valence-electron chi connectivity index (χ3n) is 6.25. The van der Waals surface area contributed by atoms with Crippen LogP contribution in [0.15, 0.2) is 54.6 Å². The second-order valence-electron chi connectivity index (χ2n) is 8.76. The van der Waals surface area contributed by atoms with Gasteiger partial charge in [-0.15, -0.1) is 0 Å². The average molecular weight is 450 g/mol. The largest absolute Gasteiger partial charge is 0.477 e. The maximum atomic E-state index is 13.1. The summed E-state index contributed by atoms with van der Waals surface area (Å²) in [5.74, 6) is 0.222. The standard InChI is InChI=1S/C26H31N3O4/c1-19(30)21(16-20-10-4-2-5-11-20)27-25(31)18-29-17-24(26(32)28-14-8-3-9-15-28)33-23-13-7-6-12-22(23)29/h2,4-7,10-13,21,24H,3,8-9,14-18H2,1H3,(H,27,31). The van der Waals surface area contributed by atoms with E-state index in [0.29, 0.717) is 18.7 Å². The van der Waals surface area contributed by atoms with Crippen molar-refractivity contribution in [2.24, 2.45) is 0 Å². The number of piperidine rings is 1. The van der Waals surface area contributed by atoms with Crippen molar-refractivity contribution < 1.29 is 19.1 Å². The van der Waals surface area contributed by atoms with Crippen molar-refractivity contribution >= 4 is 23.3 Å². The molecule has 0 spiro atoms. The number of ketones is 1. The van der Waals surface area contributed by atoms with Crippen LogP contribution in [0.25, 0.3) is 0 Å². The minimum Gasteiger partial charge on any atom is -0.477 e. The van der Waals surface area contributed by atoms with Crippen molar-refractivity contribution in [3.63, 3.8) is 0 Å². The topological polar surface area (TPSA) is 79.0 Å². The molecule has 1 fully saturated rings. The smallest absolute Gasteiger partial charge is 0.265 e. The summed E-state index contributed by atoms with van der Waals surface area (Å²) < 4.78 is 6.04. The van der Waals surface area contributed by atoms with E-state index in [4.69, 9.17) is 4.74 Å². The second-order valence-corrected chi connectivity index (χ2v) is 8.76. The molecule has 1 saturated heterocycles. The monoisotopic (exact) mass is 449 g/mol. The van der Waals surface area contributed by atoms with E-state index in [2.05, 4.69) is 5.32 Å². The molecule has 0 bridgehead atoms. The van der Waals surface area contributed by atoms with E-state index in [-0.39, 0.29) is 24.1 Å². The number of rotatable bonds is 7. The number of carbonyl (C=O) groups is 3. The minimum absolute atomic E-state index is 0.0275. The first kappa shape index (κ1) is 22.8. The Morgan fingerprint density at radius 1 is 1.00 bits per heavy atom. The molecule has 1 N–H and O–H groups in total. The highest BCUT2D eigenvalue weighted by Crippen LogP contribution is 2.33. The van der Waals surface area contributed by atoms with E-state index >= 15 is 0 Å². The zero-order chi connectivity index (χ0) is 23.2. The van der Waals surface area contributed by atoms with Gasteiger partial charge in [0.25, 0.3) is 5.91 Å². The molecule has 2 unspecified atom stereocenters. The number of benzene rings is 2. The number of amides is 2. The van der Waals surface area contributed by atoms with E-state index in [0.717, 1.165) is 43.6 Å². The Hall–Kier alpha value is -3.35. The van der Waals surface area contributed by atoms with Gasteiger partial charge in [0.1, 0.15) is 5.75 Å². The first-order valence-electron chi connectivity index (χ1n) is 11.6. The number of hydrogen-bond acceptors (Lipinski definition) is 5. The molecule has 0 aromatic heterocycles. The normalized spacial score (nSPS) is 18.6. The number of likely N-dealkylation sites (tertiary alicyclic amines) is 1. The van der Waals surface area contributed by atoms with Crippen LogP contribution in [-0.2, 0) is 20.8 Å². The van der Waals surface area contributed by atoms with Crippen LogP contribution in [0, 0.1) is 0 Å². The van der Waals surface area contributed by atoms with Gasteiger partial charge in [-0.05, 0) is 50.3 Å². The molecule has 4 rings (SSSR count). The third-order valence-corrected chi connectivity index (χ3v) is 6.25. The fourth-order valence-corrected chi connectivity index (χ4v) is 4.46. The van der Waals surface area contributed by atoms with E-state index in [1.54, 1.807) is 0 Å². The van der Waals surface area contributed by atoms with Gasteiger partial charge in [0, 0.05) is 13.1 Å². The van der Waals surface area contributed by atoms with Crippen LogP contribution in [-0.4, -0.2) is 60.8 Å². The van der Waals surface area contributed by atoms with Crippen LogP contribution in [0.3, 0.4) is 0 Å². The Bertz CT molecular complexity index is 988. The molecule has 2 aromatic rings. The van der Waals surface area contributed by atoms with Crippen LogP contribution in [0.1, 0.15) is 31.7 Å². The second kappa shape index (κ2) is 10.5. The summed E-state index contributed by atoms with van der Waals surface area (Å²) in [6, 6.07) is 16.5. The Morgan fingerprint density at radius 2 is 1.70 bits per heavy atom. The van der Waals surface area contributed by atoms with Gasteiger partial charge in [-0.3, -0.25) is 14.4 Å². The SMILES string of the molecule is CC(=O)C(Cc1ccccc1)NC(=O)CN1CC(C(=O)N2CCCCC2)Oc2ccccc21. The highest BCUT2D eigenvalue weighted by atomic mass is 16.5. The van der Waals surface area contributed by atoms with Crippen molar-refractivity contribution in [2.75, 3.05) is 31.1 Å². The number of nitrogens with zero attached hydrogens (tertiary/aromatic N) is 2. The van der Waals surface area contributed by atoms with Gasteiger partial charge in [-0.25, -0.2) is 0 Å². The number of ether oxygens (including phenoxy) is 1. The summed E-state index contributed by atoms with van der Waals surface area (Å²) in [7, 11) is 0. The Balaban J connectivity index is 1.45. The number of Topliss-reactive ketones (excluding diaryl/α,β-unsaturated/α-hetero) is 1. The molecule has 7 nitrogen and oxygen atoms in total. The zero-order valence-electron chi connectivity index (χ0n) is 19.0. The van der Waals surface area contributed by atoms with Gasteiger partial charge < -0.3 is 19.9 Å². The fraction of sp³-hybridized carbons (Fsp3) is 0.423. The van der Waals surface area contributed by atoms with Crippen molar-refractivity contribution in [1.82, 2.24) is 10.2 Å². The summed E-state index contributed by atoms with van der Waals surface area (Å²) in [6.45, 7) is 3.33. The van der Waals surface area contributed by atoms with Gasteiger partial charge in [0.2, 0.25) is 5.91 Å². The highest BCUT2D eigenvalue weighted by molar-refractivity contribution is 5.90. The molecule has 2 amide bonds. The van der Waals surface area contributed by atoms with E-state index in [9.17, 15) is 14.4 Å². The quantitative estimate of drug-likeness (QED) is 0.703. The predicted octanol–water partition coefficient (Wildman–Crippen LogP) is 2.58. The number of fused-ring (bicyclic) bond motifs is 1. The first-order chi connectivity index (χ1) is 16.0. The fourth-order valence-electron chi connectivity index (χ4n) is 4.46. The average Bonchev–Trinajstić information content (AvgIpc) is 2.84. The lowest BCUT2D eigenvalue weighted by molar-refractivity contribution is -0.139. The van der Waals surface area contributed by atoms with Gasteiger partial charge in [0.05, 0.1) is 24.8 Å². The number of anilines is 1. The van der Waals surface area contributed by atoms with E-state index < -0.39 is 12.1 Å². The molecule has 33 heavy (non-hydrogen) atoms. The minimum atomic E-state index is -0.654. The summed E-state index contributed by atoms with van der Waals surface area (Å²) in [6.07, 6.45) is 2.95. The molecule has 7 heteroatoms. The first-order valence-corrected chi connectivity index (χ1v) is 11.6. The van der Waals surface area contributed by atoms with Crippen molar-refractivity contribution in [1.29, 1.82) is 0 Å². The zero-order valence-corrected chi connectivity index (χ0v) is 19.0. The number of para-hydroxylation sites is 2. The molecule has 0 radical (unpaired) electrons. The van der Waals surface area contributed by atoms with Crippen molar-refractivity contribution in [2.45, 2.75) is 44.8 Å². The predicted molar refractivity (Wildman–Crippen MR) is 126 cm³/mol. The van der Waals surface area contributed by atoms with Gasteiger partial charge >= 0.3 is 0 Å². The molecule has 2 aromatic carbocycles. The maximum absolute atomic E-state index is 13.1. The third kappa shape index (κ3) is 5.72. The lowest BCUT2D eigenvalue weighted by Crippen LogP contribution is -2.54. The van der Waals surface area contributed by atoms with Crippen LogP contribution < -0.4 is 15.0 Å². The maximum Gasteiger partial charge on any atom is 0.265 e. The van der Waals surface area contributed by atoms with E-state index in [1.807, 2.05) is 64.4 Å². The Labute approximate surface area is 194 Å². The highest BCUT2D eigenvalue weighted by Gasteiger charge is 2.34. The van der Waals surface area contributed by atoms with Crippen molar-refractivity contribution in [3.05, 3.63) is 60.2 Å². The van der Waals surface area contributed by atoms with Crippen LogP contribution >= 0.6 is 0 Å². The summed E-state index contributed by atoms with van der Waals surface area (Å²) in [5.41, 5.74) is 1.76. The van der Waals surface area contributed by atoms with Crippen LogP contribution in [0.2, 0.25) is 0 Å². The molecule has 2 aliphatic rings. The molecular formula is C26H31N3O4. The molecule has 2 heterocycles. The van der Waals surface area contributed by atoms with Gasteiger partial charge in [-0.1, -0.05) is 42.5 Å². The summed E-state index contributed by atoms with van der Waals surface area (Å²) in [5, 5.41) is 2.88. The van der Waals surface area contributed by atoms with E-state index in [1.165, 1.54) is 6.92 Å². The molecule has 2 aliphatic heterocycles. The summed E-state index contributed by atoms with van der Waals surface area (Å²) >= 11 is 0. The van der Waals surface area contributed by atoms with Gasteiger partial charge in [-0.2, -0.15) is 0 Å². The Morgan fingerprint density at radius 3 is 2.42 bits per heavy atom. The molecule has 174 valence electrons. The summed E-state index contributed by atoms with van der Waals surface area (Å²) in [4.78, 5) is 42.0. The molecule has 0 saturated carbocycles. The lowest BCUT2D eigenvalue weighted by Gasteiger charge is -2.38. The van der Waals surface area contributed by atoms with Crippen LogP contribution in [0.5, 0.6) is 5.75 Å². The number of hydrogen-bond donors (Lipinski definition) is 1. The lowest BCUT2D eigenvalue weighted by atomic mass is 10.0.